The van der Waals surface area contributed by atoms with Crippen molar-refractivity contribution in [1.29, 1.82) is 0 Å². The number of fused-ring (bicyclic) bond motifs is 1. The van der Waals surface area contributed by atoms with Crippen molar-refractivity contribution >= 4 is 11.9 Å². The number of ether oxygens (including phenoxy) is 2. The second-order valence-corrected chi connectivity index (χ2v) is 7.72. The summed E-state index contributed by atoms with van der Waals surface area (Å²) in [4.78, 5) is 24.6. The van der Waals surface area contributed by atoms with Gasteiger partial charge >= 0.3 is 11.9 Å². The van der Waals surface area contributed by atoms with Gasteiger partial charge in [-0.3, -0.25) is 4.79 Å². The van der Waals surface area contributed by atoms with Crippen LogP contribution in [0.15, 0.2) is 12.2 Å². The fourth-order valence-electron chi connectivity index (χ4n) is 5.67. The van der Waals surface area contributed by atoms with E-state index in [9.17, 15) is 9.59 Å². The first kappa shape index (κ1) is 14.3. The van der Waals surface area contributed by atoms with Crippen molar-refractivity contribution in [3.05, 3.63) is 12.2 Å². The molecule has 4 heteroatoms. The van der Waals surface area contributed by atoms with Gasteiger partial charge in [-0.05, 0) is 51.4 Å². The van der Waals surface area contributed by atoms with Gasteiger partial charge in [0, 0.05) is 17.4 Å². The molecule has 120 valence electrons. The third kappa shape index (κ3) is 1.88. The smallest absolute Gasteiger partial charge is 0.333 e. The van der Waals surface area contributed by atoms with Crippen LogP contribution < -0.4 is 0 Å². The predicted octanol–water partition coefficient (Wildman–Crippen LogP) is 3.01. The van der Waals surface area contributed by atoms with Gasteiger partial charge in [0.15, 0.2) is 0 Å². The van der Waals surface area contributed by atoms with Crippen LogP contribution in [0.4, 0.5) is 0 Å². The standard InChI is InChI=1S/C18H24O4/c1-10(2)16(19)22-18(6-4-3-5-7-18)15-11-8-12-13(9-11)21-17(20)14(12)15/h11-15H,1,3-9H2,2H3. The molecule has 4 fully saturated rings. The van der Waals surface area contributed by atoms with E-state index in [4.69, 9.17) is 9.47 Å². The van der Waals surface area contributed by atoms with Gasteiger partial charge in [-0.15, -0.1) is 0 Å². The minimum absolute atomic E-state index is 0.0419. The number of carbonyl (C=O) groups excluding carboxylic acids is 2. The summed E-state index contributed by atoms with van der Waals surface area (Å²) in [6, 6.07) is 0. The van der Waals surface area contributed by atoms with Crippen LogP contribution in [0.25, 0.3) is 0 Å². The van der Waals surface area contributed by atoms with Gasteiger partial charge < -0.3 is 9.47 Å². The van der Waals surface area contributed by atoms with E-state index in [0.29, 0.717) is 17.4 Å². The van der Waals surface area contributed by atoms with Crippen LogP contribution in [0.2, 0.25) is 0 Å². The molecule has 0 amide bonds. The summed E-state index contributed by atoms with van der Waals surface area (Å²) >= 11 is 0. The Bertz CT molecular complexity index is 529. The van der Waals surface area contributed by atoms with Gasteiger partial charge in [-0.2, -0.15) is 0 Å². The maximum absolute atomic E-state index is 12.3. The summed E-state index contributed by atoms with van der Waals surface area (Å²) < 4.78 is 11.6. The van der Waals surface area contributed by atoms with Crippen molar-refractivity contribution in [2.45, 2.75) is 63.6 Å². The largest absolute Gasteiger partial charge is 0.462 e. The van der Waals surface area contributed by atoms with Gasteiger partial charge in [0.2, 0.25) is 0 Å². The predicted molar refractivity (Wildman–Crippen MR) is 79.8 cm³/mol. The molecule has 0 aromatic carbocycles. The van der Waals surface area contributed by atoms with Crippen LogP contribution in [-0.2, 0) is 19.1 Å². The van der Waals surface area contributed by atoms with E-state index in [1.165, 1.54) is 6.42 Å². The molecule has 4 nitrogen and oxygen atoms in total. The Morgan fingerprint density at radius 3 is 2.68 bits per heavy atom. The van der Waals surface area contributed by atoms with Gasteiger partial charge in [-0.25, -0.2) is 4.79 Å². The van der Waals surface area contributed by atoms with Crippen LogP contribution in [0.1, 0.15) is 51.9 Å². The molecule has 5 unspecified atom stereocenters. The Morgan fingerprint density at radius 2 is 2.00 bits per heavy atom. The van der Waals surface area contributed by atoms with E-state index < -0.39 is 5.60 Å². The zero-order valence-corrected chi connectivity index (χ0v) is 13.2. The molecule has 2 bridgehead atoms. The molecule has 1 aliphatic heterocycles. The van der Waals surface area contributed by atoms with Crippen LogP contribution in [0, 0.1) is 23.7 Å². The first-order valence-electron chi connectivity index (χ1n) is 8.61. The molecule has 0 spiro atoms. The van der Waals surface area contributed by atoms with E-state index in [1.807, 2.05) is 0 Å². The number of carbonyl (C=O) groups is 2. The highest BCUT2D eigenvalue weighted by Gasteiger charge is 2.67. The SMILES string of the molecule is C=C(C)C(=O)OC1(C2C3CC4OC(=O)C2C4C3)CCCCC1. The lowest BCUT2D eigenvalue weighted by molar-refractivity contribution is -0.174. The molecule has 0 aromatic rings. The van der Waals surface area contributed by atoms with E-state index >= 15 is 0 Å². The molecule has 22 heavy (non-hydrogen) atoms. The van der Waals surface area contributed by atoms with E-state index in [2.05, 4.69) is 6.58 Å². The molecular formula is C18H24O4. The number of hydrogen-bond acceptors (Lipinski definition) is 4. The minimum atomic E-state index is -0.466. The number of rotatable bonds is 3. The van der Waals surface area contributed by atoms with Crippen molar-refractivity contribution in [1.82, 2.24) is 0 Å². The highest BCUT2D eigenvalue weighted by atomic mass is 16.6. The maximum Gasteiger partial charge on any atom is 0.333 e. The molecule has 0 N–H and O–H groups in total. The minimum Gasteiger partial charge on any atom is -0.462 e. The molecule has 0 aromatic heterocycles. The first-order valence-corrected chi connectivity index (χ1v) is 8.61. The maximum atomic E-state index is 12.3. The molecule has 1 saturated heterocycles. The van der Waals surface area contributed by atoms with Crippen LogP contribution in [0.5, 0.6) is 0 Å². The highest BCUT2D eigenvalue weighted by molar-refractivity contribution is 5.87. The van der Waals surface area contributed by atoms with Gasteiger partial charge in [0.05, 0.1) is 5.92 Å². The molecule has 3 saturated carbocycles. The summed E-state index contributed by atoms with van der Waals surface area (Å²) in [6.07, 6.45) is 7.26. The molecule has 5 atom stereocenters. The Balaban J connectivity index is 1.67. The van der Waals surface area contributed by atoms with E-state index in [0.717, 1.165) is 38.5 Å². The van der Waals surface area contributed by atoms with Crippen molar-refractivity contribution in [3.8, 4) is 0 Å². The molecule has 4 rings (SSSR count). The monoisotopic (exact) mass is 304 g/mol. The summed E-state index contributed by atoms with van der Waals surface area (Å²) in [5, 5.41) is 0. The number of esters is 2. The number of hydrogen-bond donors (Lipinski definition) is 0. The first-order chi connectivity index (χ1) is 10.5. The lowest BCUT2D eigenvalue weighted by Crippen LogP contribution is -2.50. The van der Waals surface area contributed by atoms with Crippen LogP contribution in [-0.4, -0.2) is 23.6 Å². The van der Waals surface area contributed by atoms with Gasteiger partial charge in [-0.1, -0.05) is 13.0 Å². The average Bonchev–Trinajstić information content (AvgIpc) is 3.09. The Kier molecular flexibility index (Phi) is 3.14. The van der Waals surface area contributed by atoms with Crippen LogP contribution in [0.3, 0.4) is 0 Å². The van der Waals surface area contributed by atoms with Gasteiger partial charge in [0.1, 0.15) is 11.7 Å². The van der Waals surface area contributed by atoms with Crippen molar-refractivity contribution < 1.29 is 19.1 Å². The Hall–Kier alpha value is -1.32. The fourth-order valence-corrected chi connectivity index (χ4v) is 5.67. The lowest BCUT2D eigenvalue weighted by atomic mass is 9.65. The summed E-state index contributed by atoms with van der Waals surface area (Å²) in [5.41, 5.74) is -0.0212. The lowest BCUT2D eigenvalue weighted by Gasteiger charge is -2.45. The van der Waals surface area contributed by atoms with Gasteiger partial charge in [0.25, 0.3) is 0 Å². The fraction of sp³-hybridized carbons (Fsp3) is 0.778. The van der Waals surface area contributed by atoms with Crippen molar-refractivity contribution in [2.24, 2.45) is 23.7 Å². The summed E-state index contributed by atoms with van der Waals surface area (Å²) in [5.74, 6) is 0.614. The zero-order chi connectivity index (χ0) is 15.5. The quantitative estimate of drug-likeness (QED) is 0.594. The second-order valence-electron chi connectivity index (χ2n) is 7.72. The molecular weight excluding hydrogens is 280 g/mol. The summed E-state index contributed by atoms with van der Waals surface area (Å²) in [7, 11) is 0. The van der Waals surface area contributed by atoms with E-state index in [1.54, 1.807) is 6.92 Å². The molecule has 1 heterocycles. The topological polar surface area (TPSA) is 52.6 Å². The molecule has 4 aliphatic rings. The molecule has 3 aliphatic carbocycles. The highest BCUT2D eigenvalue weighted by Crippen LogP contribution is 2.63. The third-order valence-electron chi connectivity index (χ3n) is 6.44. The third-order valence-corrected chi connectivity index (χ3v) is 6.44. The Labute approximate surface area is 131 Å². The average molecular weight is 304 g/mol. The van der Waals surface area contributed by atoms with Crippen LogP contribution >= 0.6 is 0 Å². The second kappa shape index (κ2) is 4.84. The molecule has 0 radical (unpaired) electrons. The van der Waals surface area contributed by atoms with Crippen molar-refractivity contribution in [3.63, 3.8) is 0 Å². The zero-order valence-electron chi connectivity index (χ0n) is 13.2. The summed E-state index contributed by atoms with van der Waals surface area (Å²) in [6.45, 7) is 5.42. The van der Waals surface area contributed by atoms with Crippen molar-refractivity contribution in [2.75, 3.05) is 0 Å². The Morgan fingerprint density at radius 1 is 1.27 bits per heavy atom. The normalized spacial score (nSPS) is 41.3. The van der Waals surface area contributed by atoms with E-state index in [-0.39, 0.29) is 29.9 Å².